The number of amides is 1. The van der Waals surface area contributed by atoms with Crippen molar-refractivity contribution in [1.82, 2.24) is 5.32 Å². The normalized spacial score (nSPS) is 13.0. The van der Waals surface area contributed by atoms with Crippen molar-refractivity contribution < 1.29 is 19.1 Å². The predicted molar refractivity (Wildman–Crippen MR) is 116 cm³/mol. The van der Waals surface area contributed by atoms with Crippen LogP contribution in [0.25, 0.3) is 11.0 Å². The van der Waals surface area contributed by atoms with Crippen LogP contribution in [0.1, 0.15) is 43.9 Å². The second-order valence-electron chi connectivity index (χ2n) is 7.28. The molecule has 0 aliphatic rings. The van der Waals surface area contributed by atoms with E-state index in [1.807, 2.05) is 24.3 Å². The van der Waals surface area contributed by atoms with E-state index in [0.29, 0.717) is 11.3 Å². The van der Waals surface area contributed by atoms with Gasteiger partial charge in [0.05, 0.1) is 6.10 Å². The van der Waals surface area contributed by atoms with Gasteiger partial charge in [0.15, 0.2) is 6.10 Å². The van der Waals surface area contributed by atoms with Crippen LogP contribution in [0.15, 0.2) is 63.8 Å². The molecule has 0 spiro atoms. The molecule has 1 amide bonds. The Morgan fingerprint density at radius 1 is 1.17 bits per heavy atom. The SMILES string of the molecule is CCCCc1cc(=O)oc2cc(O[C@@H](C)C(=O)NC[C@H](O)c3ccccc3)ccc12. The van der Waals surface area contributed by atoms with Crippen LogP contribution >= 0.6 is 0 Å². The lowest BCUT2D eigenvalue weighted by Gasteiger charge is -2.17. The molecule has 2 atom stereocenters. The number of carbonyl (C=O) groups is 1. The Morgan fingerprint density at radius 3 is 2.67 bits per heavy atom. The molecule has 0 radical (unpaired) electrons. The third-order valence-corrected chi connectivity index (χ3v) is 4.94. The fourth-order valence-corrected chi connectivity index (χ4v) is 3.25. The summed E-state index contributed by atoms with van der Waals surface area (Å²) in [6.07, 6.45) is 1.26. The number of hydrogen-bond donors (Lipinski definition) is 2. The topological polar surface area (TPSA) is 88.8 Å². The molecule has 1 heterocycles. The van der Waals surface area contributed by atoms with Crippen molar-refractivity contribution in [2.24, 2.45) is 0 Å². The van der Waals surface area contributed by atoms with Gasteiger partial charge in [-0.2, -0.15) is 0 Å². The Labute approximate surface area is 175 Å². The Hall–Kier alpha value is -3.12. The van der Waals surface area contributed by atoms with Gasteiger partial charge in [0.2, 0.25) is 0 Å². The van der Waals surface area contributed by atoms with Gasteiger partial charge in [0.25, 0.3) is 5.91 Å². The van der Waals surface area contributed by atoms with E-state index in [1.165, 1.54) is 6.07 Å². The maximum Gasteiger partial charge on any atom is 0.336 e. The molecule has 1 aromatic heterocycles. The molecule has 0 fully saturated rings. The Bertz CT molecular complexity index is 1040. The molecule has 0 saturated carbocycles. The monoisotopic (exact) mass is 409 g/mol. The van der Waals surface area contributed by atoms with Gasteiger partial charge in [-0.3, -0.25) is 4.79 Å². The summed E-state index contributed by atoms with van der Waals surface area (Å²) >= 11 is 0. The minimum atomic E-state index is -0.793. The summed E-state index contributed by atoms with van der Waals surface area (Å²) in [6, 6.07) is 15.9. The molecule has 3 rings (SSSR count). The number of benzene rings is 2. The first-order valence-electron chi connectivity index (χ1n) is 10.2. The number of carbonyl (C=O) groups excluding carboxylic acids is 1. The number of ether oxygens (including phenoxy) is 1. The van der Waals surface area contributed by atoms with E-state index in [0.717, 1.165) is 35.8 Å². The van der Waals surface area contributed by atoms with Gasteiger partial charge in [-0.25, -0.2) is 4.79 Å². The van der Waals surface area contributed by atoms with E-state index >= 15 is 0 Å². The summed E-state index contributed by atoms with van der Waals surface area (Å²) in [5.41, 5.74) is 1.73. The molecular weight excluding hydrogens is 382 g/mol. The number of aliphatic hydroxyl groups excluding tert-OH is 1. The van der Waals surface area contributed by atoms with Gasteiger partial charge in [0.1, 0.15) is 11.3 Å². The van der Waals surface area contributed by atoms with E-state index in [9.17, 15) is 14.7 Å². The summed E-state index contributed by atoms with van der Waals surface area (Å²) in [5, 5.41) is 13.7. The van der Waals surface area contributed by atoms with Crippen LogP contribution in [0, 0.1) is 0 Å². The fourth-order valence-electron chi connectivity index (χ4n) is 3.25. The summed E-state index contributed by atoms with van der Waals surface area (Å²) in [4.78, 5) is 24.2. The molecule has 2 aromatic carbocycles. The van der Waals surface area contributed by atoms with Crippen LogP contribution in [0.2, 0.25) is 0 Å². The Balaban J connectivity index is 1.64. The summed E-state index contributed by atoms with van der Waals surface area (Å²) in [6.45, 7) is 3.82. The summed E-state index contributed by atoms with van der Waals surface area (Å²) in [5.74, 6) is 0.0905. The van der Waals surface area contributed by atoms with E-state index < -0.39 is 17.8 Å². The van der Waals surface area contributed by atoms with Crippen molar-refractivity contribution in [3.63, 3.8) is 0 Å². The number of aryl methyl sites for hydroxylation is 1. The summed E-state index contributed by atoms with van der Waals surface area (Å²) < 4.78 is 11.1. The second-order valence-corrected chi connectivity index (χ2v) is 7.28. The largest absolute Gasteiger partial charge is 0.481 e. The number of aliphatic hydroxyl groups is 1. The third kappa shape index (κ3) is 5.48. The first-order valence-corrected chi connectivity index (χ1v) is 10.2. The highest BCUT2D eigenvalue weighted by molar-refractivity contribution is 5.83. The zero-order valence-corrected chi connectivity index (χ0v) is 17.3. The lowest BCUT2D eigenvalue weighted by atomic mass is 10.0. The highest BCUT2D eigenvalue weighted by Gasteiger charge is 2.17. The molecule has 0 bridgehead atoms. The zero-order chi connectivity index (χ0) is 21.5. The highest BCUT2D eigenvalue weighted by atomic mass is 16.5. The van der Waals surface area contributed by atoms with Gasteiger partial charge in [-0.1, -0.05) is 43.7 Å². The fraction of sp³-hybridized carbons (Fsp3) is 0.333. The molecule has 158 valence electrons. The molecule has 0 aliphatic heterocycles. The number of hydrogen-bond acceptors (Lipinski definition) is 5. The van der Waals surface area contributed by atoms with Gasteiger partial charge < -0.3 is 19.6 Å². The van der Waals surface area contributed by atoms with Crippen LogP contribution in [0.4, 0.5) is 0 Å². The molecular formula is C24H27NO5. The molecule has 6 nitrogen and oxygen atoms in total. The maximum atomic E-state index is 12.4. The van der Waals surface area contributed by atoms with Crippen molar-refractivity contribution in [2.45, 2.75) is 45.3 Å². The van der Waals surface area contributed by atoms with Crippen LogP contribution in [0.5, 0.6) is 5.75 Å². The predicted octanol–water partition coefficient (Wildman–Crippen LogP) is 3.75. The highest BCUT2D eigenvalue weighted by Crippen LogP contribution is 2.24. The van der Waals surface area contributed by atoms with Crippen molar-refractivity contribution in [2.75, 3.05) is 6.54 Å². The van der Waals surface area contributed by atoms with Crippen molar-refractivity contribution in [3.05, 3.63) is 76.1 Å². The maximum absolute atomic E-state index is 12.4. The van der Waals surface area contributed by atoms with E-state index in [-0.39, 0.29) is 12.5 Å². The molecule has 2 N–H and O–H groups in total. The smallest absolute Gasteiger partial charge is 0.336 e. The number of unbranched alkanes of at least 4 members (excludes halogenated alkanes) is 1. The van der Waals surface area contributed by atoms with E-state index in [2.05, 4.69) is 12.2 Å². The Morgan fingerprint density at radius 2 is 1.93 bits per heavy atom. The van der Waals surface area contributed by atoms with Crippen LogP contribution in [-0.4, -0.2) is 23.7 Å². The van der Waals surface area contributed by atoms with Crippen LogP contribution in [0.3, 0.4) is 0 Å². The average molecular weight is 409 g/mol. The molecule has 6 heteroatoms. The summed E-state index contributed by atoms with van der Waals surface area (Å²) in [7, 11) is 0. The lowest BCUT2D eigenvalue weighted by Crippen LogP contribution is -2.38. The quantitative estimate of drug-likeness (QED) is 0.526. The van der Waals surface area contributed by atoms with Crippen molar-refractivity contribution >= 4 is 16.9 Å². The van der Waals surface area contributed by atoms with Gasteiger partial charge >= 0.3 is 5.63 Å². The van der Waals surface area contributed by atoms with E-state index in [4.69, 9.17) is 9.15 Å². The van der Waals surface area contributed by atoms with Crippen LogP contribution < -0.4 is 15.7 Å². The molecule has 3 aromatic rings. The van der Waals surface area contributed by atoms with E-state index in [1.54, 1.807) is 31.2 Å². The minimum Gasteiger partial charge on any atom is -0.481 e. The second kappa shape index (κ2) is 10.1. The number of fused-ring (bicyclic) bond motifs is 1. The number of rotatable bonds is 9. The van der Waals surface area contributed by atoms with Crippen molar-refractivity contribution in [1.29, 1.82) is 0 Å². The van der Waals surface area contributed by atoms with Gasteiger partial charge in [-0.15, -0.1) is 0 Å². The van der Waals surface area contributed by atoms with Gasteiger partial charge in [0, 0.05) is 24.1 Å². The lowest BCUT2D eigenvalue weighted by molar-refractivity contribution is -0.127. The molecule has 0 unspecified atom stereocenters. The number of nitrogens with one attached hydrogen (secondary N) is 1. The zero-order valence-electron chi connectivity index (χ0n) is 17.3. The first kappa shape index (κ1) is 21.6. The average Bonchev–Trinajstić information content (AvgIpc) is 2.75. The minimum absolute atomic E-state index is 0.0872. The Kier molecular flexibility index (Phi) is 7.25. The first-order chi connectivity index (χ1) is 14.5. The molecule has 0 saturated heterocycles. The van der Waals surface area contributed by atoms with Gasteiger partial charge in [-0.05, 0) is 43.0 Å². The van der Waals surface area contributed by atoms with Crippen LogP contribution in [-0.2, 0) is 11.2 Å². The molecule has 0 aliphatic carbocycles. The third-order valence-electron chi connectivity index (χ3n) is 4.94. The van der Waals surface area contributed by atoms with Crippen molar-refractivity contribution in [3.8, 4) is 5.75 Å². The molecule has 30 heavy (non-hydrogen) atoms. The standard InChI is InChI=1S/C24H27NO5/c1-3-4-8-18-13-23(27)30-22-14-19(11-12-20(18)22)29-16(2)24(28)25-15-21(26)17-9-6-5-7-10-17/h5-7,9-14,16,21,26H,3-4,8,15H2,1-2H3,(H,25,28)/t16-,21-/m0/s1.